The lowest BCUT2D eigenvalue weighted by Gasteiger charge is -2.04. The smallest absolute Gasteiger partial charge is 0.176 e. The normalized spacial score (nSPS) is 10.8. The Balaban J connectivity index is 1.78. The molecule has 17 heavy (non-hydrogen) atoms. The Morgan fingerprint density at radius 1 is 1.41 bits per heavy atom. The molecule has 3 aromatic rings. The first-order valence-corrected chi connectivity index (χ1v) is 5.46. The third-order valence-corrected chi connectivity index (χ3v) is 2.65. The first-order chi connectivity index (χ1) is 8.43. The zero-order valence-corrected chi connectivity index (χ0v) is 9.21. The molecule has 0 radical (unpaired) electrons. The van der Waals surface area contributed by atoms with Gasteiger partial charge >= 0.3 is 0 Å². The van der Waals surface area contributed by atoms with Crippen LogP contribution in [-0.4, -0.2) is 19.7 Å². The van der Waals surface area contributed by atoms with Crippen molar-refractivity contribution >= 4 is 0 Å². The van der Waals surface area contributed by atoms with Gasteiger partial charge in [0.2, 0.25) is 0 Å². The Morgan fingerprint density at radius 3 is 3.18 bits per heavy atom. The largest absolute Gasteiger partial charge is 0.461 e. The van der Waals surface area contributed by atoms with E-state index in [0.717, 1.165) is 24.6 Å². The van der Waals surface area contributed by atoms with Crippen LogP contribution >= 0.6 is 0 Å². The Hall–Kier alpha value is -2.30. The monoisotopic (exact) mass is 228 g/mol. The van der Waals surface area contributed by atoms with E-state index >= 15 is 0 Å². The average molecular weight is 228 g/mol. The van der Waals surface area contributed by atoms with Crippen LogP contribution in [-0.2, 0) is 13.0 Å². The van der Waals surface area contributed by atoms with Crippen LogP contribution in [0.25, 0.3) is 11.6 Å². The van der Waals surface area contributed by atoms with Crippen molar-refractivity contribution in [2.75, 3.05) is 0 Å². The van der Waals surface area contributed by atoms with Gasteiger partial charge in [0.05, 0.1) is 12.5 Å². The van der Waals surface area contributed by atoms with E-state index in [1.165, 1.54) is 5.56 Å². The molecule has 3 aromatic heterocycles. The number of rotatable bonds is 4. The summed E-state index contributed by atoms with van der Waals surface area (Å²) < 4.78 is 7.43. The summed E-state index contributed by atoms with van der Waals surface area (Å²) in [7, 11) is 0. The Labute approximate surface area is 98.1 Å². The van der Waals surface area contributed by atoms with E-state index in [4.69, 9.17) is 4.42 Å². The van der Waals surface area contributed by atoms with Crippen LogP contribution < -0.4 is 0 Å². The summed E-state index contributed by atoms with van der Waals surface area (Å²) in [4.78, 5) is 4.30. The molecule has 0 aliphatic carbocycles. The molecule has 0 fully saturated rings. The molecule has 5 nitrogen and oxygen atoms in total. The number of furan rings is 1. The van der Waals surface area contributed by atoms with Crippen LogP contribution in [0.5, 0.6) is 0 Å². The Kier molecular flexibility index (Phi) is 2.50. The molecule has 3 rings (SSSR count). The third kappa shape index (κ3) is 1.99. The number of aromatic amines is 1. The topological polar surface area (TPSA) is 59.6 Å². The van der Waals surface area contributed by atoms with Gasteiger partial charge in [-0.15, -0.1) is 0 Å². The summed E-state index contributed by atoms with van der Waals surface area (Å²) in [6, 6.07) is 3.78. The van der Waals surface area contributed by atoms with E-state index in [0.29, 0.717) is 0 Å². The highest BCUT2D eigenvalue weighted by Gasteiger charge is 2.08. The lowest BCUT2D eigenvalue weighted by atomic mass is 10.2. The van der Waals surface area contributed by atoms with E-state index in [9.17, 15) is 0 Å². The molecule has 5 heteroatoms. The fraction of sp³-hybridized carbons (Fsp3) is 0.167. The van der Waals surface area contributed by atoms with Gasteiger partial charge in [0.15, 0.2) is 11.6 Å². The van der Waals surface area contributed by atoms with Crippen LogP contribution in [0.4, 0.5) is 0 Å². The molecule has 0 aliphatic rings. The Morgan fingerprint density at radius 2 is 2.41 bits per heavy atom. The van der Waals surface area contributed by atoms with Gasteiger partial charge in [-0.1, -0.05) is 0 Å². The maximum Gasteiger partial charge on any atom is 0.176 e. The van der Waals surface area contributed by atoms with Crippen LogP contribution in [0.15, 0.2) is 47.6 Å². The van der Waals surface area contributed by atoms with Crippen molar-refractivity contribution in [2.24, 2.45) is 0 Å². The van der Waals surface area contributed by atoms with E-state index in [2.05, 4.69) is 19.7 Å². The Bertz CT molecular complexity index is 565. The highest BCUT2D eigenvalue weighted by Crippen LogP contribution is 2.17. The van der Waals surface area contributed by atoms with E-state index in [1.54, 1.807) is 12.5 Å². The molecule has 0 aliphatic heterocycles. The van der Waals surface area contributed by atoms with Crippen LogP contribution in [0.3, 0.4) is 0 Å². The van der Waals surface area contributed by atoms with E-state index in [-0.39, 0.29) is 0 Å². The summed E-state index contributed by atoms with van der Waals surface area (Å²) in [5, 5.41) is 6.73. The first kappa shape index (κ1) is 9.89. The highest BCUT2D eigenvalue weighted by molar-refractivity contribution is 5.46. The van der Waals surface area contributed by atoms with Gasteiger partial charge in [0.1, 0.15) is 0 Å². The average Bonchev–Trinajstić information content (AvgIpc) is 3.09. The highest BCUT2D eigenvalue weighted by atomic mass is 16.3. The summed E-state index contributed by atoms with van der Waals surface area (Å²) in [5.74, 6) is 1.65. The van der Waals surface area contributed by atoms with Gasteiger partial charge in [-0.3, -0.25) is 5.10 Å². The molecule has 0 bridgehead atoms. The first-order valence-electron chi connectivity index (χ1n) is 5.46. The van der Waals surface area contributed by atoms with Gasteiger partial charge < -0.3 is 8.98 Å². The number of hydrogen-bond acceptors (Lipinski definition) is 3. The molecule has 86 valence electrons. The molecular weight excluding hydrogens is 216 g/mol. The lowest BCUT2D eigenvalue weighted by molar-refractivity contribution is 0.568. The molecule has 0 saturated carbocycles. The van der Waals surface area contributed by atoms with Gasteiger partial charge in [0, 0.05) is 25.1 Å². The number of H-pyrrole nitrogens is 1. The standard InChI is InChI=1S/C12H12N4O/c1-2-11(17-7-1)12-13-4-6-16(12)5-3-10-8-14-15-9-10/h1-2,4,6-9H,3,5H2,(H,14,15). The predicted octanol–water partition coefficient (Wildman–Crippen LogP) is 2.11. The van der Waals surface area contributed by atoms with Crippen molar-refractivity contribution in [3.8, 4) is 11.6 Å². The minimum absolute atomic E-state index is 0.794. The fourth-order valence-corrected chi connectivity index (χ4v) is 1.78. The van der Waals surface area contributed by atoms with Crippen LogP contribution in [0.1, 0.15) is 5.56 Å². The second-order valence-corrected chi connectivity index (χ2v) is 3.78. The quantitative estimate of drug-likeness (QED) is 0.744. The third-order valence-electron chi connectivity index (χ3n) is 2.65. The van der Waals surface area contributed by atoms with Crippen molar-refractivity contribution in [1.29, 1.82) is 0 Å². The van der Waals surface area contributed by atoms with Gasteiger partial charge in [-0.2, -0.15) is 5.10 Å². The number of nitrogens with one attached hydrogen (secondary N) is 1. The van der Waals surface area contributed by atoms with Crippen molar-refractivity contribution < 1.29 is 4.42 Å². The van der Waals surface area contributed by atoms with Crippen molar-refractivity contribution in [1.82, 2.24) is 19.7 Å². The minimum atomic E-state index is 0.794. The second-order valence-electron chi connectivity index (χ2n) is 3.78. The molecule has 1 N–H and O–H groups in total. The molecule has 0 unspecified atom stereocenters. The summed E-state index contributed by atoms with van der Waals surface area (Å²) in [6.07, 6.45) is 10.1. The summed E-state index contributed by atoms with van der Waals surface area (Å²) in [6.45, 7) is 0.857. The number of aryl methyl sites for hydroxylation is 2. The molecule has 3 heterocycles. The zero-order valence-electron chi connectivity index (χ0n) is 9.21. The molecule has 0 saturated heterocycles. The second kappa shape index (κ2) is 4.29. The molecule has 0 spiro atoms. The van der Waals surface area contributed by atoms with E-state index in [1.807, 2.05) is 30.7 Å². The fourth-order valence-electron chi connectivity index (χ4n) is 1.78. The number of nitrogens with zero attached hydrogens (tertiary/aromatic N) is 3. The van der Waals surface area contributed by atoms with Crippen LogP contribution in [0.2, 0.25) is 0 Å². The van der Waals surface area contributed by atoms with Gasteiger partial charge in [-0.25, -0.2) is 4.98 Å². The predicted molar refractivity (Wildman–Crippen MR) is 62.2 cm³/mol. The van der Waals surface area contributed by atoms with Gasteiger partial charge in [0.25, 0.3) is 0 Å². The molecular formula is C12H12N4O. The number of aromatic nitrogens is 4. The van der Waals surface area contributed by atoms with Crippen molar-refractivity contribution in [3.05, 3.63) is 48.7 Å². The molecule has 0 atom stereocenters. The number of imidazole rings is 1. The van der Waals surface area contributed by atoms with Crippen molar-refractivity contribution in [2.45, 2.75) is 13.0 Å². The van der Waals surface area contributed by atoms with Gasteiger partial charge in [-0.05, 0) is 24.1 Å². The maximum atomic E-state index is 5.35. The molecule has 0 amide bonds. The maximum absolute atomic E-state index is 5.35. The summed E-state index contributed by atoms with van der Waals surface area (Å²) in [5.41, 5.74) is 1.18. The lowest BCUT2D eigenvalue weighted by Crippen LogP contribution is -2.01. The minimum Gasteiger partial charge on any atom is -0.461 e. The van der Waals surface area contributed by atoms with Crippen LogP contribution in [0, 0.1) is 0 Å². The van der Waals surface area contributed by atoms with Crippen molar-refractivity contribution in [3.63, 3.8) is 0 Å². The molecule has 0 aromatic carbocycles. The number of hydrogen-bond donors (Lipinski definition) is 1. The zero-order chi connectivity index (χ0) is 11.5. The summed E-state index contributed by atoms with van der Waals surface area (Å²) >= 11 is 0. The van der Waals surface area contributed by atoms with E-state index < -0.39 is 0 Å². The SMILES string of the molecule is c1coc(-c2nccn2CCc2cn[nH]c2)c1.